The van der Waals surface area contributed by atoms with E-state index in [9.17, 15) is 4.79 Å². The second-order valence-corrected chi connectivity index (χ2v) is 7.34. The van der Waals surface area contributed by atoms with Crippen molar-refractivity contribution in [1.82, 2.24) is 20.5 Å². The molecule has 0 atom stereocenters. The van der Waals surface area contributed by atoms with Gasteiger partial charge in [0.25, 0.3) is 5.91 Å². The second-order valence-electron chi connectivity index (χ2n) is 6.27. The van der Waals surface area contributed by atoms with Gasteiger partial charge in [0.2, 0.25) is 0 Å². The van der Waals surface area contributed by atoms with Crippen LogP contribution in [0.1, 0.15) is 65.8 Å². The molecule has 1 N–H and O–H groups in total. The molecule has 0 aromatic carbocycles. The van der Waals surface area contributed by atoms with Gasteiger partial charge in [0.15, 0.2) is 12.1 Å². The minimum atomic E-state index is -0.210. The number of rotatable bonds is 4. The van der Waals surface area contributed by atoms with Crippen LogP contribution >= 0.6 is 11.3 Å². The van der Waals surface area contributed by atoms with Crippen molar-refractivity contribution in [2.24, 2.45) is 0 Å². The van der Waals surface area contributed by atoms with Crippen LogP contribution in [-0.4, -0.2) is 21.1 Å². The zero-order chi connectivity index (χ0) is 15.0. The summed E-state index contributed by atoms with van der Waals surface area (Å²) in [4.78, 5) is 16.2. The lowest BCUT2D eigenvalue weighted by Crippen LogP contribution is -2.24. The summed E-state index contributed by atoms with van der Waals surface area (Å²) in [5.41, 5.74) is 0.378. The molecule has 3 rings (SSSR count). The molecule has 1 aliphatic rings. The maximum atomic E-state index is 12.2. The second kappa shape index (κ2) is 5.22. The average molecular weight is 306 g/mol. The fourth-order valence-corrected chi connectivity index (χ4v) is 2.77. The molecule has 21 heavy (non-hydrogen) atoms. The molecule has 2 heterocycles. The fraction of sp³-hybridized carbons (Fsp3) is 0.571. The summed E-state index contributed by atoms with van der Waals surface area (Å²) < 4.78 is 5.31. The third kappa shape index (κ3) is 3.12. The van der Waals surface area contributed by atoms with Crippen molar-refractivity contribution in [3.63, 3.8) is 0 Å². The molecular formula is C14H18N4O2S. The first kappa shape index (κ1) is 14.2. The van der Waals surface area contributed by atoms with Gasteiger partial charge in [-0.1, -0.05) is 32.1 Å². The van der Waals surface area contributed by atoms with E-state index in [1.165, 1.54) is 17.7 Å². The van der Waals surface area contributed by atoms with Gasteiger partial charge >= 0.3 is 0 Å². The number of amides is 1. The summed E-state index contributed by atoms with van der Waals surface area (Å²) in [7, 11) is 0. The van der Waals surface area contributed by atoms with E-state index in [2.05, 4.69) is 41.3 Å². The number of nitrogens with one attached hydrogen (secondary N) is 1. The molecule has 1 aliphatic carbocycles. The largest absolute Gasteiger partial charge is 0.447 e. The van der Waals surface area contributed by atoms with Gasteiger partial charge in [-0.15, -0.1) is 10.2 Å². The predicted molar refractivity (Wildman–Crippen MR) is 78.3 cm³/mol. The Morgan fingerprint density at radius 3 is 2.81 bits per heavy atom. The highest BCUT2D eigenvalue weighted by Crippen LogP contribution is 2.41. The summed E-state index contributed by atoms with van der Waals surface area (Å²) in [6, 6.07) is 0. The van der Waals surface area contributed by atoms with Gasteiger partial charge in [-0.05, 0) is 12.8 Å². The van der Waals surface area contributed by atoms with Gasteiger partial charge in [0.05, 0.1) is 6.54 Å². The predicted octanol–water partition coefficient (Wildman–Crippen LogP) is 2.63. The number of hydrogen-bond donors (Lipinski definition) is 1. The molecule has 0 spiro atoms. The lowest BCUT2D eigenvalue weighted by atomic mass is 9.98. The van der Waals surface area contributed by atoms with E-state index in [4.69, 9.17) is 4.42 Å². The topological polar surface area (TPSA) is 80.9 Å². The van der Waals surface area contributed by atoms with Crippen LogP contribution in [0.5, 0.6) is 0 Å². The van der Waals surface area contributed by atoms with Gasteiger partial charge in [-0.2, -0.15) is 0 Å². The summed E-state index contributed by atoms with van der Waals surface area (Å²) in [5, 5.41) is 12.9. The van der Waals surface area contributed by atoms with Crippen molar-refractivity contribution in [1.29, 1.82) is 0 Å². The van der Waals surface area contributed by atoms with Crippen molar-refractivity contribution in [2.45, 2.75) is 51.5 Å². The minimum Gasteiger partial charge on any atom is -0.447 e. The Balaban J connectivity index is 1.63. The Bertz CT molecular complexity index is 652. The third-order valence-corrected chi connectivity index (χ3v) is 4.62. The number of oxazole rings is 1. The molecule has 1 fully saturated rings. The Labute approximate surface area is 127 Å². The molecule has 0 saturated heterocycles. The van der Waals surface area contributed by atoms with Crippen molar-refractivity contribution in [3.8, 4) is 0 Å². The van der Waals surface area contributed by atoms with E-state index in [0.717, 1.165) is 22.9 Å². The van der Waals surface area contributed by atoms with E-state index in [0.29, 0.717) is 23.9 Å². The van der Waals surface area contributed by atoms with E-state index in [1.54, 1.807) is 0 Å². The Morgan fingerprint density at radius 1 is 1.43 bits per heavy atom. The average Bonchev–Trinajstić information content (AvgIpc) is 2.96. The maximum Gasteiger partial charge on any atom is 0.273 e. The molecule has 1 saturated carbocycles. The Morgan fingerprint density at radius 2 is 2.19 bits per heavy atom. The van der Waals surface area contributed by atoms with E-state index >= 15 is 0 Å². The molecule has 6 nitrogen and oxygen atoms in total. The van der Waals surface area contributed by atoms with Crippen molar-refractivity contribution < 1.29 is 9.21 Å². The van der Waals surface area contributed by atoms with Crippen LogP contribution in [0.2, 0.25) is 0 Å². The first-order chi connectivity index (χ1) is 9.95. The molecule has 1 amide bonds. The lowest BCUT2D eigenvalue weighted by molar-refractivity contribution is 0.0944. The smallest absolute Gasteiger partial charge is 0.273 e. The molecule has 7 heteroatoms. The zero-order valence-corrected chi connectivity index (χ0v) is 13.2. The van der Waals surface area contributed by atoms with Gasteiger partial charge in [0.1, 0.15) is 15.8 Å². The molecule has 0 radical (unpaired) electrons. The first-order valence-electron chi connectivity index (χ1n) is 6.99. The number of carbonyl (C=O) groups is 1. The molecular weight excluding hydrogens is 288 g/mol. The normalized spacial score (nSPS) is 15.2. The SMILES string of the molecule is CC(C)(C)c1nnc(CNC(=O)c2ncoc2C2CC2)s1. The quantitative estimate of drug-likeness (QED) is 0.939. The highest BCUT2D eigenvalue weighted by Gasteiger charge is 2.32. The van der Waals surface area contributed by atoms with Crippen LogP contribution in [0.3, 0.4) is 0 Å². The van der Waals surface area contributed by atoms with Crippen LogP contribution in [0.15, 0.2) is 10.8 Å². The summed E-state index contributed by atoms with van der Waals surface area (Å²) in [5.74, 6) is 0.862. The molecule has 112 valence electrons. The summed E-state index contributed by atoms with van der Waals surface area (Å²) in [6.07, 6.45) is 3.48. The summed E-state index contributed by atoms with van der Waals surface area (Å²) in [6.45, 7) is 6.64. The minimum absolute atomic E-state index is 0.0226. The number of hydrogen-bond acceptors (Lipinski definition) is 6. The summed E-state index contributed by atoms with van der Waals surface area (Å²) >= 11 is 1.52. The third-order valence-electron chi connectivity index (χ3n) is 3.27. The molecule has 0 aliphatic heterocycles. The van der Waals surface area contributed by atoms with Crippen LogP contribution in [-0.2, 0) is 12.0 Å². The van der Waals surface area contributed by atoms with Gasteiger partial charge in [-0.25, -0.2) is 4.98 Å². The van der Waals surface area contributed by atoms with Crippen LogP contribution in [0.4, 0.5) is 0 Å². The van der Waals surface area contributed by atoms with Gasteiger partial charge in [-0.3, -0.25) is 4.79 Å². The van der Waals surface area contributed by atoms with Crippen molar-refractivity contribution in [3.05, 3.63) is 27.9 Å². The van der Waals surface area contributed by atoms with Crippen molar-refractivity contribution in [2.75, 3.05) is 0 Å². The van der Waals surface area contributed by atoms with E-state index in [1.807, 2.05) is 0 Å². The standard InChI is InChI=1S/C14H18N4O2S/c1-14(2,3)13-18-17-9(21-13)6-15-12(19)10-11(8-4-5-8)20-7-16-10/h7-8H,4-6H2,1-3H3,(H,15,19). The molecule has 2 aromatic heterocycles. The van der Waals surface area contributed by atoms with Crippen LogP contribution in [0.25, 0.3) is 0 Å². The monoisotopic (exact) mass is 306 g/mol. The van der Waals surface area contributed by atoms with Gasteiger partial charge in [0, 0.05) is 11.3 Å². The van der Waals surface area contributed by atoms with E-state index in [-0.39, 0.29) is 11.3 Å². The number of aromatic nitrogens is 3. The Kier molecular flexibility index (Phi) is 3.52. The fourth-order valence-electron chi connectivity index (χ4n) is 1.93. The molecule has 0 bridgehead atoms. The number of nitrogens with zero attached hydrogens (tertiary/aromatic N) is 3. The van der Waals surface area contributed by atoms with Crippen molar-refractivity contribution >= 4 is 17.2 Å². The highest BCUT2D eigenvalue weighted by molar-refractivity contribution is 7.11. The zero-order valence-electron chi connectivity index (χ0n) is 12.3. The molecule has 0 unspecified atom stereocenters. The highest BCUT2D eigenvalue weighted by atomic mass is 32.1. The maximum absolute atomic E-state index is 12.2. The lowest BCUT2D eigenvalue weighted by Gasteiger charge is -2.12. The first-order valence-corrected chi connectivity index (χ1v) is 7.81. The van der Waals surface area contributed by atoms with Crippen LogP contribution in [0, 0.1) is 0 Å². The van der Waals surface area contributed by atoms with Gasteiger partial charge < -0.3 is 9.73 Å². The Hall–Kier alpha value is -1.76. The van der Waals surface area contributed by atoms with Crippen LogP contribution < -0.4 is 5.32 Å². The number of carbonyl (C=O) groups excluding carboxylic acids is 1. The van der Waals surface area contributed by atoms with E-state index < -0.39 is 0 Å². The molecule has 2 aromatic rings.